The SMILES string of the molecule is FC(F)(F)c1cnc2[nH]c(I)cc2c1Cl. The summed E-state index contributed by atoms with van der Waals surface area (Å²) in [5.74, 6) is 0. The van der Waals surface area contributed by atoms with Gasteiger partial charge in [-0.3, -0.25) is 0 Å². The highest BCUT2D eigenvalue weighted by atomic mass is 127. The molecule has 7 heteroatoms. The molecule has 2 heterocycles. The molecule has 0 saturated heterocycles. The van der Waals surface area contributed by atoms with E-state index in [1.807, 2.05) is 22.6 Å². The molecule has 0 aliphatic heterocycles. The molecule has 15 heavy (non-hydrogen) atoms. The number of H-pyrrole nitrogens is 1. The zero-order chi connectivity index (χ0) is 11.2. The number of pyridine rings is 1. The Balaban J connectivity index is 2.75. The van der Waals surface area contributed by atoms with E-state index in [0.717, 1.165) is 6.20 Å². The lowest BCUT2D eigenvalue weighted by Gasteiger charge is -2.07. The van der Waals surface area contributed by atoms with Crippen LogP contribution in [0.25, 0.3) is 11.0 Å². The molecule has 2 aromatic rings. The third-order valence-electron chi connectivity index (χ3n) is 1.87. The fourth-order valence-corrected chi connectivity index (χ4v) is 2.08. The first-order valence-corrected chi connectivity index (χ1v) is 5.25. The minimum absolute atomic E-state index is 0.288. The molecule has 0 bridgehead atoms. The zero-order valence-electron chi connectivity index (χ0n) is 6.99. The van der Waals surface area contributed by atoms with Gasteiger partial charge in [0.2, 0.25) is 0 Å². The van der Waals surface area contributed by atoms with E-state index in [0.29, 0.717) is 9.35 Å². The molecule has 0 saturated carbocycles. The van der Waals surface area contributed by atoms with Gasteiger partial charge in [-0.05, 0) is 28.7 Å². The molecule has 2 nitrogen and oxygen atoms in total. The highest BCUT2D eigenvalue weighted by Gasteiger charge is 2.34. The first-order chi connectivity index (χ1) is 6.89. The number of aromatic nitrogens is 2. The van der Waals surface area contributed by atoms with Crippen LogP contribution in [-0.2, 0) is 6.18 Å². The first-order valence-electron chi connectivity index (χ1n) is 3.79. The second kappa shape index (κ2) is 3.51. The van der Waals surface area contributed by atoms with Crippen LogP contribution >= 0.6 is 34.2 Å². The van der Waals surface area contributed by atoms with Gasteiger partial charge >= 0.3 is 6.18 Å². The van der Waals surface area contributed by atoms with Crippen molar-refractivity contribution in [1.29, 1.82) is 0 Å². The third-order valence-corrected chi connectivity index (χ3v) is 2.85. The van der Waals surface area contributed by atoms with Gasteiger partial charge in [0.1, 0.15) is 5.65 Å². The molecule has 2 aromatic heterocycles. The summed E-state index contributed by atoms with van der Waals surface area (Å²) in [4.78, 5) is 6.47. The Labute approximate surface area is 101 Å². The van der Waals surface area contributed by atoms with Crippen molar-refractivity contribution in [3.05, 3.63) is 26.5 Å². The van der Waals surface area contributed by atoms with Crippen LogP contribution in [0.3, 0.4) is 0 Å². The zero-order valence-corrected chi connectivity index (χ0v) is 9.91. The van der Waals surface area contributed by atoms with E-state index < -0.39 is 11.7 Å². The number of nitrogens with one attached hydrogen (secondary N) is 1. The maximum absolute atomic E-state index is 12.4. The number of alkyl halides is 3. The molecule has 0 aliphatic carbocycles. The summed E-state index contributed by atoms with van der Waals surface area (Å²) in [6, 6.07) is 1.53. The van der Waals surface area contributed by atoms with E-state index in [1.165, 1.54) is 6.07 Å². The summed E-state index contributed by atoms with van der Waals surface area (Å²) in [6.45, 7) is 0. The normalized spacial score (nSPS) is 12.3. The minimum Gasteiger partial charge on any atom is -0.335 e. The van der Waals surface area contributed by atoms with Crippen molar-refractivity contribution in [2.75, 3.05) is 0 Å². The number of halogens is 5. The Hall–Kier alpha value is -0.500. The average molecular weight is 346 g/mol. The Bertz CT molecular complexity index is 520. The molecular weight excluding hydrogens is 343 g/mol. The number of hydrogen-bond acceptors (Lipinski definition) is 1. The molecule has 0 aliphatic rings. The topological polar surface area (TPSA) is 28.7 Å². The third kappa shape index (κ3) is 1.92. The minimum atomic E-state index is -4.47. The molecule has 1 N–H and O–H groups in total. The van der Waals surface area contributed by atoms with Crippen LogP contribution in [0.5, 0.6) is 0 Å². The van der Waals surface area contributed by atoms with Gasteiger partial charge in [0.15, 0.2) is 0 Å². The smallest absolute Gasteiger partial charge is 0.335 e. The van der Waals surface area contributed by atoms with E-state index in [9.17, 15) is 13.2 Å². The van der Waals surface area contributed by atoms with Gasteiger partial charge < -0.3 is 4.98 Å². The summed E-state index contributed by atoms with van der Waals surface area (Å²) in [5.41, 5.74) is -0.551. The standard InChI is InChI=1S/C8H3ClF3IN2/c9-6-3-1-5(13)15-7(3)14-2-4(6)8(10,11)12/h1-2H,(H,14,15). The van der Waals surface area contributed by atoms with Gasteiger partial charge in [-0.15, -0.1) is 0 Å². The van der Waals surface area contributed by atoms with Gasteiger partial charge in [0.05, 0.1) is 14.3 Å². The predicted octanol–water partition coefficient (Wildman–Crippen LogP) is 3.84. The molecule has 2 rings (SSSR count). The maximum Gasteiger partial charge on any atom is 0.419 e. The lowest BCUT2D eigenvalue weighted by molar-refractivity contribution is -0.137. The van der Waals surface area contributed by atoms with E-state index in [1.54, 1.807) is 0 Å². The van der Waals surface area contributed by atoms with Gasteiger partial charge in [0, 0.05) is 11.6 Å². The van der Waals surface area contributed by atoms with E-state index in [2.05, 4.69) is 9.97 Å². The van der Waals surface area contributed by atoms with Crippen molar-refractivity contribution >= 4 is 45.2 Å². The summed E-state index contributed by atoms with van der Waals surface area (Å²) in [7, 11) is 0. The van der Waals surface area contributed by atoms with E-state index in [4.69, 9.17) is 11.6 Å². The van der Waals surface area contributed by atoms with Crippen molar-refractivity contribution in [2.24, 2.45) is 0 Å². The molecule has 80 valence electrons. The molecule has 0 unspecified atom stereocenters. The second-order valence-corrected chi connectivity index (χ2v) is 4.40. The van der Waals surface area contributed by atoms with Crippen molar-refractivity contribution in [2.45, 2.75) is 6.18 Å². The van der Waals surface area contributed by atoms with Crippen LogP contribution < -0.4 is 0 Å². The molecular formula is C8H3ClF3IN2. The highest BCUT2D eigenvalue weighted by Crippen LogP contribution is 2.37. The van der Waals surface area contributed by atoms with Crippen molar-refractivity contribution in [3.8, 4) is 0 Å². The van der Waals surface area contributed by atoms with Crippen LogP contribution in [-0.4, -0.2) is 9.97 Å². The summed E-state index contributed by atoms with van der Waals surface area (Å²) in [6.07, 6.45) is -3.74. The molecule has 0 spiro atoms. The van der Waals surface area contributed by atoms with Crippen LogP contribution in [0.1, 0.15) is 5.56 Å². The largest absolute Gasteiger partial charge is 0.419 e. The summed E-state index contributed by atoms with van der Waals surface area (Å²) in [5, 5.41) is -0.0254. The fourth-order valence-electron chi connectivity index (χ4n) is 1.21. The van der Waals surface area contributed by atoms with Gasteiger partial charge in [-0.2, -0.15) is 13.2 Å². The van der Waals surface area contributed by atoms with Crippen LogP contribution in [0.15, 0.2) is 12.3 Å². The molecule has 0 aromatic carbocycles. The first kappa shape index (κ1) is 11.0. The number of aromatic amines is 1. The Morgan fingerprint density at radius 3 is 2.67 bits per heavy atom. The number of rotatable bonds is 0. The lowest BCUT2D eigenvalue weighted by atomic mass is 10.2. The monoisotopic (exact) mass is 346 g/mol. The Morgan fingerprint density at radius 2 is 2.07 bits per heavy atom. The molecule has 0 atom stereocenters. The highest BCUT2D eigenvalue weighted by molar-refractivity contribution is 14.1. The van der Waals surface area contributed by atoms with Crippen LogP contribution in [0.2, 0.25) is 5.02 Å². The van der Waals surface area contributed by atoms with Gasteiger partial charge in [0.25, 0.3) is 0 Å². The molecule has 0 fully saturated rings. The fraction of sp³-hybridized carbons (Fsp3) is 0.125. The number of hydrogen-bond donors (Lipinski definition) is 1. The second-order valence-electron chi connectivity index (χ2n) is 2.86. The van der Waals surface area contributed by atoms with Crippen LogP contribution in [0, 0.1) is 3.70 Å². The maximum atomic E-state index is 12.4. The molecule has 0 amide bonds. The predicted molar refractivity (Wildman–Crippen MR) is 58.8 cm³/mol. The lowest BCUT2D eigenvalue weighted by Crippen LogP contribution is -2.06. The van der Waals surface area contributed by atoms with Crippen LogP contribution in [0.4, 0.5) is 13.2 Å². The average Bonchev–Trinajstić information content (AvgIpc) is 2.44. The van der Waals surface area contributed by atoms with E-state index in [-0.39, 0.29) is 10.4 Å². The molecule has 0 radical (unpaired) electrons. The van der Waals surface area contributed by atoms with Gasteiger partial charge in [-0.1, -0.05) is 11.6 Å². The summed E-state index contributed by atoms with van der Waals surface area (Å²) < 4.78 is 38.0. The number of nitrogens with zero attached hydrogens (tertiary/aromatic N) is 1. The Morgan fingerprint density at radius 1 is 1.40 bits per heavy atom. The summed E-state index contributed by atoms with van der Waals surface area (Å²) >= 11 is 7.60. The van der Waals surface area contributed by atoms with E-state index >= 15 is 0 Å². The number of fused-ring (bicyclic) bond motifs is 1. The van der Waals surface area contributed by atoms with Crippen molar-refractivity contribution in [3.63, 3.8) is 0 Å². The quantitative estimate of drug-likeness (QED) is 0.722. The van der Waals surface area contributed by atoms with Gasteiger partial charge in [-0.25, -0.2) is 4.98 Å². The van der Waals surface area contributed by atoms with Crippen molar-refractivity contribution in [1.82, 2.24) is 9.97 Å². The Kier molecular flexibility index (Phi) is 2.58. The van der Waals surface area contributed by atoms with Crippen molar-refractivity contribution < 1.29 is 13.2 Å².